The molecule has 0 aliphatic heterocycles. The summed E-state index contributed by atoms with van der Waals surface area (Å²) in [5, 5.41) is 0. The Balaban J connectivity index is 2.45. The highest BCUT2D eigenvalue weighted by molar-refractivity contribution is 5.94. The number of hydrogen-bond donors (Lipinski definition) is 1. The molecule has 0 aromatic heterocycles. The largest absolute Gasteiger partial charge is 0.366 e. The van der Waals surface area contributed by atoms with Crippen LogP contribution in [0.4, 0.5) is 4.39 Å². The van der Waals surface area contributed by atoms with Gasteiger partial charge in [-0.05, 0) is 34.7 Å². The number of amides is 1. The molecule has 0 radical (unpaired) electrons. The Hall–Kier alpha value is -2.16. The topological polar surface area (TPSA) is 43.1 Å². The van der Waals surface area contributed by atoms with Crippen LogP contribution in [0.15, 0.2) is 42.5 Å². The molecule has 2 aromatic carbocycles. The van der Waals surface area contributed by atoms with E-state index in [-0.39, 0.29) is 5.82 Å². The minimum Gasteiger partial charge on any atom is -0.366 e. The van der Waals surface area contributed by atoms with Crippen molar-refractivity contribution in [3.8, 4) is 0 Å². The van der Waals surface area contributed by atoms with Gasteiger partial charge in [-0.1, -0.05) is 44.2 Å². The molecule has 0 heterocycles. The first kappa shape index (κ1) is 14.3. The molecule has 0 aliphatic carbocycles. The molecule has 0 saturated heterocycles. The maximum absolute atomic E-state index is 13.8. The molecular formula is C17H18FNO. The van der Waals surface area contributed by atoms with E-state index in [9.17, 15) is 9.18 Å². The molecule has 0 bridgehead atoms. The van der Waals surface area contributed by atoms with Crippen molar-refractivity contribution in [2.45, 2.75) is 26.2 Å². The van der Waals surface area contributed by atoms with Gasteiger partial charge in [0.25, 0.3) is 0 Å². The van der Waals surface area contributed by atoms with Gasteiger partial charge in [0, 0.05) is 12.0 Å². The molecule has 2 aromatic rings. The van der Waals surface area contributed by atoms with E-state index in [0.717, 1.165) is 11.1 Å². The standard InChI is InChI=1S/C17H18FNO/c1-11(2)12-7-8-15(17(19)20)14(9-12)10-13-5-3-4-6-16(13)18/h3-9,11H,10H2,1-2H3,(H2,19,20). The monoisotopic (exact) mass is 271 g/mol. The molecule has 0 atom stereocenters. The van der Waals surface area contributed by atoms with Gasteiger partial charge >= 0.3 is 0 Å². The van der Waals surface area contributed by atoms with Crippen molar-refractivity contribution in [3.63, 3.8) is 0 Å². The number of carbonyl (C=O) groups excluding carboxylic acids is 1. The van der Waals surface area contributed by atoms with Crippen LogP contribution in [-0.4, -0.2) is 5.91 Å². The van der Waals surface area contributed by atoms with Gasteiger partial charge in [0.1, 0.15) is 5.82 Å². The van der Waals surface area contributed by atoms with Crippen LogP contribution in [0.1, 0.15) is 46.8 Å². The van der Waals surface area contributed by atoms with Crippen LogP contribution in [0.25, 0.3) is 0 Å². The molecule has 3 heteroatoms. The third kappa shape index (κ3) is 3.05. The molecule has 1 amide bonds. The zero-order valence-electron chi connectivity index (χ0n) is 11.7. The lowest BCUT2D eigenvalue weighted by molar-refractivity contribution is 0.0999. The normalized spacial score (nSPS) is 10.8. The van der Waals surface area contributed by atoms with Crippen molar-refractivity contribution in [2.24, 2.45) is 5.73 Å². The lowest BCUT2D eigenvalue weighted by Crippen LogP contribution is -2.14. The zero-order chi connectivity index (χ0) is 14.7. The number of benzene rings is 2. The molecule has 104 valence electrons. The Morgan fingerprint density at radius 1 is 1.15 bits per heavy atom. The Morgan fingerprint density at radius 2 is 1.85 bits per heavy atom. The summed E-state index contributed by atoms with van der Waals surface area (Å²) in [4.78, 5) is 11.5. The lowest BCUT2D eigenvalue weighted by Gasteiger charge is -2.12. The van der Waals surface area contributed by atoms with Gasteiger partial charge in [-0.25, -0.2) is 4.39 Å². The predicted octanol–water partition coefficient (Wildman–Crippen LogP) is 3.64. The van der Waals surface area contributed by atoms with Gasteiger partial charge in [-0.15, -0.1) is 0 Å². The second-order valence-corrected chi connectivity index (χ2v) is 5.20. The molecule has 0 saturated carbocycles. The molecule has 0 unspecified atom stereocenters. The first-order valence-electron chi connectivity index (χ1n) is 6.65. The first-order valence-corrected chi connectivity index (χ1v) is 6.65. The summed E-state index contributed by atoms with van der Waals surface area (Å²) in [7, 11) is 0. The van der Waals surface area contributed by atoms with Gasteiger partial charge in [-0.3, -0.25) is 4.79 Å². The number of nitrogens with two attached hydrogens (primary N) is 1. The van der Waals surface area contributed by atoms with Gasteiger partial charge in [0.2, 0.25) is 5.91 Å². The van der Waals surface area contributed by atoms with Crippen LogP contribution in [0.5, 0.6) is 0 Å². The van der Waals surface area contributed by atoms with E-state index in [2.05, 4.69) is 13.8 Å². The summed E-state index contributed by atoms with van der Waals surface area (Å²) in [6.07, 6.45) is 0.367. The maximum atomic E-state index is 13.8. The zero-order valence-corrected chi connectivity index (χ0v) is 11.7. The fourth-order valence-electron chi connectivity index (χ4n) is 2.21. The van der Waals surface area contributed by atoms with Gasteiger partial charge < -0.3 is 5.73 Å². The molecule has 2 N–H and O–H groups in total. The van der Waals surface area contributed by atoms with Crippen LogP contribution >= 0.6 is 0 Å². The Morgan fingerprint density at radius 3 is 2.45 bits per heavy atom. The maximum Gasteiger partial charge on any atom is 0.248 e. The molecule has 20 heavy (non-hydrogen) atoms. The molecule has 2 rings (SSSR count). The van der Waals surface area contributed by atoms with Crippen molar-refractivity contribution in [1.29, 1.82) is 0 Å². The SMILES string of the molecule is CC(C)c1ccc(C(N)=O)c(Cc2ccccc2F)c1. The van der Waals surface area contributed by atoms with Crippen molar-refractivity contribution in [1.82, 2.24) is 0 Å². The highest BCUT2D eigenvalue weighted by atomic mass is 19.1. The van der Waals surface area contributed by atoms with Crippen molar-refractivity contribution >= 4 is 5.91 Å². The van der Waals surface area contributed by atoms with E-state index in [1.54, 1.807) is 24.3 Å². The number of rotatable bonds is 4. The first-order chi connectivity index (χ1) is 9.49. The number of hydrogen-bond acceptors (Lipinski definition) is 1. The molecule has 0 fully saturated rings. The van der Waals surface area contributed by atoms with E-state index in [1.807, 2.05) is 12.1 Å². The second-order valence-electron chi connectivity index (χ2n) is 5.20. The lowest BCUT2D eigenvalue weighted by atomic mass is 9.93. The molecule has 0 aliphatic rings. The van der Waals surface area contributed by atoms with E-state index in [4.69, 9.17) is 5.73 Å². The summed E-state index contributed by atoms with van der Waals surface area (Å²) in [5.41, 5.74) is 8.31. The van der Waals surface area contributed by atoms with Crippen LogP contribution in [-0.2, 0) is 6.42 Å². The number of halogens is 1. The van der Waals surface area contributed by atoms with Crippen LogP contribution in [0, 0.1) is 5.82 Å². The van der Waals surface area contributed by atoms with Crippen molar-refractivity contribution < 1.29 is 9.18 Å². The van der Waals surface area contributed by atoms with Gasteiger partial charge in [-0.2, -0.15) is 0 Å². The van der Waals surface area contributed by atoms with Crippen LogP contribution in [0.3, 0.4) is 0 Å². The van der Waals surface area contributed by atoms with Gasteiger partial charge in [0.05, 0.1) is 0 Å². The number of carbonyl (C=O) groups is 1. The van der Waals surface area contributed by atoms with Crippen molar-refractivity contribution in [2.75, 3.05) is 0 Å². The molecule has 0 spiro atoms. The van der Waals surface area contributed by atoms with Crippen molar-refractivity contribution in [3.05, 3.63) is 70.5 Å². The highest BCUT2D eigenvalue weighted by Crippen LogP contribution is 2.22. The summed E-state index contributed by atoms with van der Waals surface area (Å²) in [6.45, 7) is 4.15. The van der Waals surface area contributed by atoms with E-state index in [1.165, 1.54) is 6.07 Å². The summed E-state index contributed by atoms with van der Waals surface area (Å²) in [5.74, 6) is -0.402. The fraction of sp³-hybridized carbons (Fsp3) is 0.235. The van der Waals surface area contributed by atoms with E-state index >= 15 is 0 Å². The summed E-state index contributed by atoms with van der Waals surface area (Å²) < 4.78 is 13.8. The summed E-state index contributed by atoms with van der Waals surface area (Å²) in [6, 6.07) is 12.2. The molecule has 2 nitrogen and oxygen atoms in total. The third-order valence-electron chi connectivity index (χ3n) is 3.40. The van der Waals surface area contributed by atoms with Gasteiger partial charge in [0.15, 0.2) is 0 Å². The quantitative estimate of drug-likeness (QED) is 0.906. The average Bonchev–Trinajstić information content (AvgIpc) is 2.41. The van der Waals surface area contributed by atoms with Crippen LogP contribution in [0.2, 0.25) is 0 Å². The third-order valence-corrected chi connectivity index (χ3v) is 3.40. The Kier molecular flexibility index (Phi) is 4.18. The highest BCUT2D eigenvalue weighted by Gasteiger charge is 2.12. The Bertz CT molecular complexity index is 635. The smallest absolute Gasteiger partial charge is 0.248 e. The average molecular weight is 271 g/mol. The molecular weight excluding hydrogens is 253 g/mol. The fourth-order valence-corrected chi connectivity index (χ4v) is 2.21. The van der Waals surface area contributed by atoms with E-state index in [0.29, 0.717) is 23.5 Å². The minimum atomic E-state index is -0.480. The minimum absolute atomic E-state index is 0.266. The summed E-state index contributed by atoms with van der Waals surface area (Å²) >= 11 is 0. The predicted molar refractivity (Wildman–Crippen MR) is 78.3 cm³/mol. The van der Waals surface area contributed by atoms with Crippen LogP contribution < -0.4 is 5.73 Å². The Labute approximate surface area is 118 Å². The van der Waals surface area contributed by atoms with E-state index < -0.39 is 5.91 Å². The number of primary amides is 1. The second kappa shape index (κ2) is 5.87.